The lowest BCUT2D eigenvalue weighted by Gasteiger charge is -2.15. The molecule has 2 aromatic carbocycles. The van der Waals surface area contributed by atoms with Gasteiger partial charge in [-0.25, -0.2) is 9.97 Å². The quantitative estimate of drug-likeness (QED) is 0.151. The van der Waals surface area contributed by atoms with E-state index in [2.05, 4.69) is 10.3 Å². The number of fused-ring (bicyclic) bond motifs is 1. The number of hydrogen-bond acceptors (Lipinski definition) is 9. The average Bonchev–Trinajstić information content (AvgIpc) is 3.52. The van der Waals surface area contributed by atoms with Crippen LogP contribution >= 0.6 is 46.7 Å². The normalized spacial score (nSPS) is 11.1. The molecule has 5 aromatic rings. The number of rotatable bonds is 7. The lowest BCUT2D eigenvalue weighted by molar-refractivity contribution is -0.113. The topological polar surface area (TPSA) is 91.0 Å². The number of aromatic nitrogens is 4. The lowest BCUT2D eigenvalue weighted by Crippen LogP contribution is -2.23. The van der Waals surface area contributed by atoms with E-state index in [4.69, 9.17) is 21.9 Å². The molecule has 37 heavy (non-hydrogen) atoms. The summed E-state index contributed by atoms with van der Waals surface area (Å²) >= 11 is 9.39. The third-order valence-corrected chi connectivity index (χ3v) is 8.64. The average molecular weight is 568 g/mol. The fraction of sp³-hybridized carbons (Fsp3) is 0.160. The number of aryl methyl sites for hydroxylation is 2. The fourth-order valence-electron chi connectivity index (χ4n) is 3.72. The van der Waals surface area contributed by atoms with Crippen LogP contribution in [0.1, 0.15) is 11.1 Å². The first kappa shape index (κ1) is 25.3. The number of nitrogens with one attached hydrogen (secondary N) is 1. The maximum Gasteiger partial charge on any atom is 0.278 e. The van der Waals surface area contributed by atoms with Gasteiger partial charge in [-0.15, -0.1) is 11.3 Å². The molecule has 0 radical (unpaired) electrons. The summed E-state index contributed by atoms with van der Waals surface area (Å²) in [6, 6.07) is 13.2. The van der Waals surface area contributed by atoms with Gasteiger partial charge in [-0.2, -0.15) is 0 Å². The third-order valence-electron chi connectivity index (χ3n) is 5.66. The second kappa shape index (κ2) is 10.6. The number of thiazole rings is 2. The first-order valence-corrected chi connectivity index (χ1v) is 14.2. The van der Waals surface area contributed by atoms with Crippen molar-refractivity contribution in [3.05, 3.63) is 79.5 Å². The van der Waals surface area contributed by atoms with Crippen LogP contribution in [0.15, 0.2) is 64.0 Å². The lowest BCUT2D eigenvalue weighted by atomic mass is 10.1. The molecule has 0 saturated heterocycles. The Morgan fingerprint density at radius 1 is 1.16 bits per heavy atom. The van der Waals surface area contributed by atoms with Crippen LogP contribution in [0.5, 0.6) is 5.75 Å². The summed E-state index contributed by atoms with van der Waals surface area (Å²) in [6.45, 7) is 4.07. The smallest absolute Gasteiger partial charge is 0.278 e. The summed E-state index contributed by atoms with van der Waals surface area (Å²) in [4.78, 5) is 35.6. The van der Waals surface area contributed by atoms with Crippen LogP contribution in [0.2, 0.25) is 0 Å². The largest absolute Gasteiger partial charge is 0.495 e. The highest BCUT2D eigenvalue weighted by Gasteiger charge is 2.21. The Morgan fingerprint density at radius 3 is 2.70 bits per heavy atom. The van der Waals surface area contributed by atoms with Gasteiger partial charge in [0.05, 0.1) is 18.6 Å². The number of benzene rings is 2. The van der Waals surface area contributed by atoms with Gasteiger partial charge < -0.3 is 10.1 Å². The zero-order chi connectivity index (χ0) is 26.1. The zero-order valence-corrected chi connectivity index (χ0v) is 23.3. The van der Waals surface area contributed by atoms with Gasteiger partial charge in [0.1, 0.15) is 10.4 Å². The summed E-state index contributed by atoms with van der Waals surface area (Å²) in [5, 5.41) is 5.41. The van der Waals surface area contributed by atoms with E-state index in [-0.39, 0.29) is 17.2 Å². The summed E-state index contributed by atoms with van der Waals surface area (Å²) in [5.74, 6) is 0.287. The highest BCUT2D eigenvalue weighted by Crippen LogP contribution is 2.30. The molecule has 0 unspecified atom stereocenters. The van der Waals surface area contributed by atoms with Crippen molar-refractivity contribution in [1.29, 1.82) is 0 Å². The summed E-state index contributed by atoms with van der Waals surface area (Å²) in [6.07, 6.45) is 1.62. The molecule has 3 aromatic heterocycles. The summed E-state index contributed by atoms with van der Waals surface area (Å²) in [5.41, 5.74) is 3.80. The SMILES string of the molecule is COc1ccccc1-n1c(SCC(=O)Nc2nccs2)nc2c(sc(=S)n2-c2ccc(C)c(C)c2)c1=O. The van der Waals surface area contributed by atoms with E-state index in [0.717, 1.165) is 28.6 Å². The van der Waals surface area contributed by atoms with Gasteiger partial charge in [0, 0.05) is 17.3 Å². The number of para-hydroxylation sites is 2. The van der Waals surface area contributed by atoms with E-state index < -0.39 is 0 Å². The number of thioether (sulfide) groups is 1. The van der Waals surface area contributed by atoms with Crippen molar-refractivity contribution in [2.75, 3.05) is 18.2 Å². The van der Waals surface area contributed by atoms with Crippen molar-refractivity contribution in [1.82, 2.24) is 19.1 Å². The number of anilines is 1. The highest BCUT2D eigenvalue weighted by molar-refractivity contribution is 7.99. The van der Waals surface area contributed by atoms with Crippen LogP contribution in [-0.4, -0.2) is 37.9 Å². The van der Waals surface area contributed by atoms with Gasteiger partial charge >= 0.3 is 0 Å². The molecule has 1 amide bonds. The second-order valence-electron chi connectivity index (χ2n) is 8.01. The van der Waals surface area contributed by atoms with Crippen LogP contribution in [0.3, 0.4) is 0 Å². The maximum absolute atomic E-state index is 13.9. The minimum Gasteiger partial charge on any atom is -0.495 e. The number of carbonyl (C=O) groups excluding carboxylic acids is 1. The molecule has 188 valence electrons. The number of ether oxygens (including phenoxy) is 1. The van der Waals surface area contributed by atoms with E-state index in [1.807, 2.05) is 48.7 Å². The van der Waals surface area contributed by atoms with Crippen molar-refractivity contribution in [3.63, 3.8) is 0 Å². The number of carbonyl (C=O) groups is 1. The molecule has 0 aliphatic heterocycles. The molecular weight excluding hydrogens is 547 g/mol. The Balaban J connectivity index is 1.68. The van der Waals surface area contributed by atoms with Gasteiger partial charge in [-0.1, -0.05) is 41.3 Å². The Hall–Kier alpha value is -3.32. The van der Waals surface area contributed by atoms with E-state index in [1.165, 1.54) is 27.2 Å². The number of amides is 1. The van der Waals surface area contributed by atoms with Crippen molar-refractivity contribution in [2.45, 2.75) is 19.0 Å². The minimum atomic E-state index is -0.281. The van der Waals surface area contributed by atoms with E-state index in [9.17, 15) is 9.59 Å². The van der Waals surface area contributed by atoms with Gasteiger partial charge in [0.15, 0.2) is 19.9 Å². The first-order valence-electron chi connectivity index (χ1n) is 11.1. The Kier molecular flexibility index (Phi) is 7.24. The molecule has 0 bridgehead atoms. The maximum atomic E-state index is 13.9. The molecule has 12 heteroatoms. The van der Waals surface area contributed by atoms with Crippen molar-refractivity contribution >= 4 is 68.0 Å². The van der Waals surface area contributed by atoms with Crippen LogP contribution in [-0.2, 0) is 4.79 Å². The van der Waals surface area contributed by atoms with E-state index >= 15 is 0 Å². The monoisotopic (exact) mass is 567 g/mol. The standard InChI is InChI=1S/C25H21N5O3S4/c1-14-8-9-16(12-15(14)2)29-21-20(37-25(29)34)22(32)30(17-6-4-5-7-18(17)33-3)24(28-21)36-13-19(31)27-23-26-10-11-35-23/h4-12H,13H2,1-3H3,(H,26,27,31). The van der Waals surface area contributed by atoms with Gasteiger partial charge in [-0.05, 0) is 61.5 Å². The number of methoxy groups -OCH3 is 1. The summed E-state index contributed by atoms with van der Waals surface area (Å²) in [7, 11) is 1.55. The van der Waals surface area contributed by atoms with Gasteiger partial charge in [-0.3, -0.25) is 18.7 Å². The predicted octanol–water partition coefficient (Wildman–Crippen LogP) is 5.78. The Labute approximate surface area is 229 Å². The number of nitrogens with zero attached hydrogens (tertiary/aromatic N) is 4. The molecule has 8 nitrogen and oxygen atoms in total. The molecule has 1 N–H and O–H groups in total. The van der Waals surface area contributed by atoms with Crippen LogP contribution < -0.4 is 15.6 Å². The molecule has 0 fully saturated rings. The third kappa shape index (κ3) is 4.97. The van der Waals surface area contributed by atoms with Gasteiger partial charge in [0.25, 0.3) is 5.56 Å². The van der Waals surface area contributed by atoms with Crippen LogP contribution in [0.25, 0.3) is 21.7 Å². The predicted molar refractivity (Wildman–Crippen MR) is 153 cm³/mol. The minimum absolute atomic E-state index is 0.0290. The zero-order valence-electron chi connectivity index (χ0n) is 20.0. The van der Waals surface area contributed by atoms with E-state index in [1.54, 1.807) is 30.8 Å². The highest BCUT2D eigenvalue weighted by atomic mass is 32.2. The second-order valence-corrected chi connectivity index (χ2v) is 11.5. The molecule has 0 atom stereocenters. The van der Waals surface area contributed by atoms with Gasteiger partial charge in [0.2, 0.25) is 5.91 Å². The fourth-order valence-corrected chi connectivity index (χ4v) is 6.37. The number of hydrogen-bond donors (Lipinski definition) is 1. The summed E-state index contributed by atoms with van der Waals surface area (Å²) < 4.78 is 9.77. The van der Waals surface area contributed by atoms with Crippen LogP contribution in [0.4, 0.5) is 5.13 Å². The van der Waals surface area contributed by atoms with Crippen molar-refractivity contribution in [3.8, 4) is 17.1 Å². The Morgan fingerprint density at radius 2 is 1.97 bits per heavy atom. The molecule has 0 saturated carbocycles. The Bertz CT molecular complexity index is 1740. The molecule has 0 spiro atoms. The molecule has 3 heterocycles. The molecule has 0 aliphatic rings. The van der Waals surface area contributed by atoms with Crippen molar-refractivity contribution < 1.29 is 9.53 Å². The van der Waals surface area contributed by atoms with Crippen LogP contribution in [0, 0.1) is 17.8 Å². The molecular formula is C25H21N5O3S4. The van der Waals surface area contributed by atoms with E-state index in [0.29, 0.717) is 36.0 Å². The first-order chi connectivity index (χ1) is 17.9. The molecule has 5 rings (SSSR count). The molecule has 0 aliphatic carbocycles. The van der Waals surface area contributed by atoms with Crippen molar-refractivity contribution in [2.24, 2.45) is 0 Å².